The maximum atomic E-state index is 10.8. The topological polar surface area (TPSA) is 20.2 Å². The van der Waals surface area contributed by atoms with Crippen molar-refractivity contribution in [3.05, 3.63) is 89.5 Å². The van der Waals surface area contributed by atoms with E-state index < -0.39 is 0 Å². The van der Waals surface area contributed by atoms with Gasteiger partial charge in [-0.05, 0) is 68.2 Å². The number of allylic oxidation sites excluding steroid dienone is 4. The molecule has 0 saturated heterocycles. The molecule has 1 nitrogen and oxygen atoms in total. The van der Waals surface area contributed by atoms with Crippen LogP contribution in [0.3, 0.4) is 0 Å². The van der Waals surface area contributed by atoms with Gasteiger partial charge in [0.15, 0.2) is 0 Å². The fourth-order valence-electron chi connectivity index (χ4n) is 3.40. The molecule has 0 radical (unpaired) electrons. The lowest BCUT2D eigenvalue weighted by atomic mass is 9.93. The maximum Gasteiger partial charge on any atom is 0.126 e. The first kappa shape index (κ1) is 19.0. The number of fused-ring (bicyclic) bond motifs is 1. The van der Waals surface area contributed by atoms with Crippen LogP contribution in [0.25, 0.3) is 21.9 Å². The van der Waals surface area contributed by atoms with Crippen molar-refractivity contribution in [2.45, 2.75) is 40.0 Å². The average Bonchev–Trinajstić information content (AvgIpc) is 2.68. The second kappa shape index (κ2) is 8.73. The zero-order valence-corrected chi connectivity index (χ0v) is 16.5. The van der Waals surface area contributed by atoms with Gasteiger partial charge in [0.2, 0.25) is 0 Å². The molecule has 0 unspecified atom stereocenters. The molecule has 0 fully saturated rings. The first-order valence-corrected chi connectivity index (χ1v) is 9.64. The van der Waals surface area contributed by atoms with Gasteiger partial charge in [-0.15, -0.1) is 0 Å². The van der Waals surface area contributed by atoms with Gasteiger partial charge >= 0.3 is 0 Å². The summed E-state index contributed by atoms with van der Waals surface area (Å²) in [5.41, 5.74) is 6.06. The molecule has 1 heteroatoms. The Morgan fingerprint density at radius 1 is 0.852 bits per heavy atom. The molecule has 138 valence electrons. The van der Waals surface area contributed by atoms with Gasteiger partial charge in [-0.2, -0.15) is 0 Å². The molecule has 27 heavy (non-hydrogen) atoms. The minimum Gasteiger partial charge on any atom is -0.507 e. The Kier molecular flexibility index (Phi) is 6.13. The summed E-state index contributed by atoms with van der Waals surface area (Å²) in [7, 11) is 0. The Labute approximate surface area is 162 Å². The molecule has 0 heterocycles. The van der Waals surface area contributed by atoms with Gasteiger partial charge in [-0.1, -0.05) is 77.9 Å². The van der Waals surface area contributed by atoms with Crippen molar-refractivity contribution in [2.75, 3.05) is 0 Å². The third-order valence-corrected chi connectivity index (χ3v) is 4.94. The standard InChI is InChI=1S/C26H28O/c1-19(2)10-9-11-20(3)16-17-22-18-25(21-12-5-4-6-13-21)23-14-7-8-15-24(23)26(22)27/h4-8,10,12-16,18,27H,9,11,17H2,1-3H3/b20-16+. The van der Waals surface area contributed by atoms with Gasteiger partial charge in [0.25, 0.3) is 0 Å². The Bertz CT molecular complexity index is 974. The minimum absolute atomic E-state index is 0.402. The molecule has 0 amide bonds. The fourth-order valence-corrected chi connectivity index (χ4v) is 3.40. The highest BCUT2D eigenvalue weighted by atomic mass is 16.3. The smallest absolute Gasteiger partial charge is 0.126 e. The summed E-state index contributed by atoms with van der Waals surface area (Å²) in [5, 5.41) is 12.9. The highest BCUT2D eigenvalue weighted by molar-refractivity contribution is 6.01. The number of benzene rings is 3. The van der Waals surface area contributed by atoms with Gasteiger partial charge in [-0.3, -0.25) is 0 Å². The summed E-state index contributed by atoms with van der Waals surface area (Å²) in [5.74, 6) is 0.402. The Hall–Kier alpha value is -2.80. The summed E-state index contributed by atoms with van der Waals surface area (Å²) < 4.78 is 0. The molecule has 0 atom stereocenters. The van der Waals surface area contributed by atoms with Crippen LogP contribution in [-0.4, -0.2) is 5.11 Å². The van der Waals surface area contributed by atoms with E-state index in [1.165, 1.54) is 22.3 Å². The largest absolute Gasteiger partial charge is 0.507 e. The Balaban J connectivity index is 1.96. The average molecular weight is 357 g/mol. The minimum atomic E-state index is 0.402. The summed E-state index contributed by atoms with van der Waals surface area (Å²) in [6.45, 7) is 6.45. The van der Waals surface area contributed by atoms with Crippen molar-refractivity contribution in [2.24, 2.45) is 0 Å². The lowest BCUT2D eigenvalue weighted by molar-refractivity contribution is 0.476. The number of rotatable bonds is 6. The van der Waals surface area contributed by atoms with Crippen molar-refractivity contribution < 1.29 is 5.11 Å². The molecule has 0 aliphatic carbocycles. The summed E-state index contributed by atoms with van der Waals surface area (Å²) >= 11 is 0. The van der Waals surface area contributed by atoms with Gasteiger partial charge in [0.1, 0.15) is 5.75 Å². The van der Waals surface area contributed by atoms with Crippen LogP contribution in [0.4, 0.5) is 0 Å². The van der Waals surface area contributed by atoms with Crippen LogP contribution in [0.15, 0.2) is 84.0 Å². The van der Waals surface area contributed by atoms with Gasteiger partial charge in [0, 0.05) is 5.39 Å². The van der Waals surface area contributed by atoms with Crippen molar-refractivity contribution in [3.8, 4) is 16.9 Å². The lowest BCUT2D eigenvalue weighted by Gasteiger charge is -2.13. The highest BCUT2D eigenvalue weighted by Gasteiger charge is 2.11. The monoisotopic (exact) mass is 356 g/mol. The lowest BCUT2D eigenvalue weighted by Crippen LogP contribution is -1.90. The second-order valence-corrected chi connectivity index (χ2v) is 7.42. The number of aromatic hydroxyl groups is 1. The van der Waals surface area contributed by atoms with Crippen LogP contribution in [0, 0.1) is 0 Å². The summed E-state index contributed by atoms with van der Waals surface area (Å²) in [4.78, 5) is 0. The van der Waals surface area contributed by atoms with E-state index in [4.69, 9.17) is 0 Å². The molecule has 0 aliphatic rings. The predicted molar refractivity (Wildman–Crippen MR) is 117 cm³/mol. The number of phenols is 1. The van der Waals surface area contributed by atoms with E-state index in [2.05, 4.69) is 69.3 Å². The summed E-state index contributed by atoms with van der Waals surface area (Å²) in [6.07, 6.45) is 7.40. The SMILES string of the molecule is CC(C)=CCC/C(C)=C/Cc1cc(-c2ccccc2)c2ccccc2c1O. The van der Waals surface area contributed by atoms with E-state index >= 15 is 0 Å². The molecule has 0 bridgehead atoms. The van der Waals surface area contributed by atoms with Crippen molar-refractivity contribution in [1.29, 1.82) is 0 Å². The highest BCUT2D eigenvalue weighted by Crippen LogP contribution is 2.37. The van der Waals surface area contributed by atoms with Crippen molar-refractivity contribution in [3.63, 3.8) is 0 Å². The van der Waals surface area contributed by atoms with Crippen LogP contribution in [0.5, 0.6) is 5.75 Å². The zero-order chi connectivity index (χ0) is 19.2. The predicted octanol–water partition coefficient (Wildman–Crippen LogP) is 7.45. The third-order valence-electron chi connectivity index (χ3n) is 4.94. The van der Waals surface area contributed by atoms with Gasteiger partial charge in [-0.25, -0.2) is 0 Å². The first-order valence-electron chi connectivity index (χ1n) is 9.64. The second-order valence-electron chi connectivity index (χ2n) is 7.42. The molecule has 3 rings (SSSR count). The molecule has 0 spiro atoms. The molecule has 0 saturated carbocycles. The zero-order valence-electron chi connectivity index (χ0n) is 16.5. The number of hydrogen-bond donors (Lipinski definition) is 1. The molecule has 3 aromatic carbocycles. The van der Waals surface area contributed by atoms with E-state index in [-0.39, 0.29) is 0 Å². The normalized spacial score (nSPS) is 11.6. The summed E-state index contributed by atoms with van der Waals surface area (Å²) in [6, 6.07) is 20.7. The molecular formula is C26H28O. The van der Waals surface area contributed by atoms with E-state index in [0.29, 0.717) is 5.75 Å². The Morgan fingerprint density at radius 3 is 2.22 bits per heavy atom. The van der Waals surface area contributed by atoms with Crippen molar-refractivity contribution >= 4 is 10.8 Å². The van der Waals surface area contributed by atoms with Crippen molar-refractivity contribution in [1.82, 2.24) is 0 Å². The van der Waals surface area contributed by atoms with Crippen LogP contribution in [-0.2, 0) is 6.42 Å². The van der Waals surface area contributed by atoms with E-state index in [1.807, 2.05) is 24.3 Å². The fraction of sp³-hybridized carbons (Fsp3) is 0.231. The molecule has 1 N–H and O–H groups in total. The van der Waals surface area contributed by atoms with Crippen LogP contribution in [0.2, 0.25) is 0 Å². The van der Waals surface area contributed by atoms with E-state index in [9.17, 15) is 5.11 Å². The van der Waals surface area contributed by atoms with Gasteiger partial charge in [0.05, 0.1) is 0 Å². The maximum absolute atomic E-state index is 10.8. The quantitative estimate of drug-likeness (QED) is 0.455. The van der Waals surface area contributed by atoms with Gasteiger partial charge < -0.3 is 5.11 Å². The third kappa shape index (κ3) is 4.68. The number of phenolic OH excluding ortho intramolecular Hbond substituents is 1. The number of hydrogen-bond acceptors (Lipinski definition) is 1. The van der Waals surface area contributed by atoms with Crippen LogP contribution in [0.1, 0.15) is 39.2 Å². The molecular weight excluding hydrogens is 328 g/mol. The molecule has 0 aromatic heterocycles. The Morgan fingerprint density at radius 2 is 1.52 bits per heavy atom. The van der Waals surface area contributed by atoms with Crippen LogP contribution < -0.4 is 0 Å². The molecule has 3 aromatic rings. The molecule has 0 aliphatic heterocycles. The van der Waals surface area contributed by atoms with E-state index in [0.717, 1.165) is 35.6 Å². The first-order chi connectivity index (χ1) is 13.1. The van der Waals surface area contributed by atoms with E-state index in [1.54, 1.807) is 0 Å². The van der Waals surface area contributed by atoms with Crippen LogP contribution >= 0.6 is 0 Å².